The highest BCUT2D eigenvalue weighted by atomic mass is 19.1. The summed E-state index contributed by atoms with van der Waals surface area (Å²) in [5.41, 5.74) is 6.78. The molecule has 0 spiro atoms. The Morgan fingerprint density at radius 3 is 2.95 bits per heavy atom. The number of hydrogen-bond donors (Lipinski definition) is 1. The molecule has 1 heterocycles. The van der Waals surface area contributed by atoms with Crippen molar-refractivity contribution in [3.05, 3.63) is 35.1 Å². The molecular formula is C17H23FN2. The van der Waals surface area contributed by atoms with Gasteiger partial charge >= 0.3 is 0 Å². The van der Waals surface area contributed by atoms with Crippen LogP contribution in [0.15, 0.2) is 18.2 Å². The van der Waals surface area contributed by atoms with Gasteiger partial charge in [0.25, 0.3) is 0 Å². The summed E-state index contributed by atoms with van der Waals surface area (Å²) in [6, 6.07) is 5.78. The first-order chi connectivity index (χ1) is 9.70. The zero-order valence-corrected chi connectivity index (χ0v) is 12.2. The average molecular weight is 274 g/mol. The Kier molecular flexibility index (Phi) is 5.58. The third kappa shape index (κ3) is 4.06. The van der Waals surface area contributed by atoms with E-state index in [1.54, 1.807) is 0 Å². The van der Waals surface area contributed by atoms with Crippen LogP contribution >= 0.6 is 0 Å². The van der Waals surface area contributed by atoms with Gasteiger partial charge in [0.15, 0.2) is 0 Å². The van der Waals surface area contributed by atoms with Gasteiger partial charge in [-0.05, 0) is 38.4 Å². The molecule has 0 aromatic heterocycles. The second-order valence-electron chi connectivity index (χ2n) is 5.48. The molecule has 1 aliphatic rings. The van der Waals surface area contributed by atoms with Gasteiger partial charge in [-0.25, -0.2) is 4.39 Å². The van der Waals surface area contributed by atoms with E-state index in [2.05, 4.69) is 23.7 Å². The predicted octanol–water partition coefficient (Wildman–Crippen LogP) is 2.90. The van der Waals surface area contributed by atoms with Crippen LogP contribution in [0.25, 0.3) is 0 Å². The van der Waals surface area contributed by atoms with Crippen LogP contribution < -0.4 is 5.73 Å². The number of hydrogen-bond acceptors (Lipinski definition) is 2. The molecule has 1 atom stereocenters. The maximum Gasteiger partial charge on any atom is 0.128 e. The molecule has 0 radical (unpaired) electrons. The summed E-state index contributed by atoms with van der Waals surface area (Å²) in [5, 5.41) is 0. The van der Waals surface area contributed by atoms with E-state index >= 15 is 0 Å². The minimum atomic E-state index is -0.162. The Morgan fingerprint density at radius 2 is 2.20 bits per heavy atom. The van der Waals surface area contributed by atoms with Crippen molar-refractivity contribution in [2.75, 3.05) is 13.1 Å². The summed E-state index contributed by atoms with van der Waals surface area (Å²) in [6.07, 6.45) is 5.00. The van der Waals surface area contributed by atoms with Gasteiger partial charge in [0.05, 0.1) is 6.54 Å². The molecule has 1 aromatic carbocycles. The van der Waals surface area contributed by atoms with Crippen molar-refractivity contribution < 1.29 is 4.39 Å². The van der Waals surface area contributed by atoms with Crippen LogP contribution in [0.4, 0.5) is 4.39 Å². The van der Waals surface area contributed by atoms with Gasteiger partial charge in [-0.3, -0.25) is 4.90 Å². The van der Waals surface area contributed by atoms with Crippen molar-refractivity contribution >= 4 is 0 Å². The number of nitrogens with two attached hydrogens (primary N) is 1. The zero-order chi connectivity index (χ0) is 14.4. The van der Waals surface area contributed by atoms with Crippen molar-refractivity contribution in [1.82, 2.24) is 4.90 Å². The quantitative estimate of drug-likeness (QED) is 0.840. The molecule has 0 aliphatic carbocycles. The fourth-order valence-electron chi connectivity index (χ4n) is 2.69. The second kappa shape index (κ2) is 7.42. The summed E-state index contributed by atoms with van der Waals surface area (Å²) in [7, 11) is 0. The van der Waals surface area contributed by atoms with Crippen LogP contribution in [0, 0.1) is 17.7 Å². The smallest absolute Gasteiger partial charge is 0.128 e. The van der Waals surface area contributed by atoms with Gasteiger partial charge in [-0.2, -0.15) is 0 Å². The third-order valence-corrected chi connectivity index (χ3v) is 3.95. The van der Waals surface area contributed by atoms with E-state index in [1.165, 1.54) is 31.7 Å². The van der Waals surface area contributed by atoms with Gasteiger partial charge in [-0.15, -0.1) is 0 Å². The molecule has 1 aromatic rings. The number of benzene rings is 1. The van der Waals surface area contributed by atoms with Crippen LogP contribution in [0.5, 0.6) is 0 Å². The molecule has 1 fully saturated rings. The molecule has 0 amide bonds. The van der Waals surface area contributed by atoms with Crippen LogP contribution in [-0.4, -0.2) is 24.0 Å². The van der Waals surface area contributed by atoms with Crippen molar-refractivity contribution in [3.63, 3.8) is 0 Å². The maximum absolute atomic E-state index is 14.1. The number of halogens is 1. The van der Waals surface area contributed by atoms with Crippen molar-refractivity contribution in [1.29, 1.82) is 0 Å². The number of rotatable bonds is 2. The van der Waals surface area contributed by atoms with Gasteiger partial charge in [0.1, 0.15) is 5.82 Å². The van der Waals surface area contributed by atoms with Crippen LogP contribution in [-0.2, 0) is 6.54 Å². The first kappa shape index (κ1) is 15.0. The van der Waals surface area contributed by atoms with Gasteiger partial charge in [0, 0.05) is 23.7 Å². The largest absolute Gasteiger partial charge is 0.320 e. The minimum Gasteiger partial charge on any atom is -0.320 e. The molecule has 3 heteroatoms. The van der Waals surface area contributed by atoms with E-state index in [1.807, 2.05) is 12.1 Å². The van der Waals surface area contributed by atoms with E-state index in [0.29, 0.717) is 24.7 Å². The predicted molar refractivity (Wildman–Crippen MR) is 80.7 cm³/mol. The first-order valence-electron chi connectivity index (χ1n) is 7.42. The average Bonchev–Trinajstić information content (AvgIpc) is 2.64. The van der Waals surface area contributed by atoms with Crippen LogP contribution in [0.1, 0.15) is 43.7 Å². The molecule has 1 saturated heterocycles. The summed E-state index contributed by atoms with van der Waals surface area (Å²) in [4.78, 5) is 2.39. The van der Waals surface area contributed by atoms with E-state index in [9.17, 15) is 4.39 Å². The molecule has 0 saturated carbocycles. The van der Waals surface area contributed by atoms with Gasteiger partial charge in [0.2, 0.25) is 0 Å². The Labute approximate surface area is 121 Å². The third-order valence-electron chi connectivity index (χ3n) is 3.95. The molecule has 2 rings (SSSR count). The Morgan fingerprint density at radius 1 is 1.35 bits per heavy atom. The highest BCUT2D eigenvalue weighted by molar-refractivity contribution is 5.37. The first-order valence-corrected chi connectivity index (χ1v) is 7.42. The standard InChI is InChI=1S/C17H23FN2/c1-14-6-3-2-4-11-20(14)13-16-9-8-15(7-5-10-19)12-17(16)18/h8-9,12,14H,2-4,6,10-11,13,19H2,1H3. The molecular weight excluding hydrogens is 251 g/mol. The van der Waals surface area contributed by atoms with E-state index in [0.717, 1.165) is 12.1 Å². The fraction of sp³-hybridized carbons (Fsp3) is 0.529. The topological polar surface area (TPSA) is 29.3 Å². The molecule has 20 heavy (non-hydrogen) atoms. The zero-order valence-electron chi connectivity index (χ0n) is 12.2. The second-order valence-corrected chi connectivity index (χ2v) is 5.48. The van der Waals surface area contributed by atoms with Crippen molar-refractivity contribution in [2.24, 2.45) is 5.73 Å². The van der Waals surface area contributed by atoms with Gasteiger partial charge < -0.3 is 5.73 Å². The molecule has 1 aliphatic heterocycles. The molecule has 1 unspecified atom stereocenters. The van der Waals surface area contributed by atoms with Crippen LogP contribution in [0.3, 0.4) is 0 Å². The fourth-order valence-corrected chi connectivity index (χ4v) is 2.69. The lowest BCUT2D eigenvalue weighted by molar-refractivity contribution is 0.202. The molecule has 2 N–H and O–H groups in total. The molecule has 0 bridgehead atoms. The number of likely N-dealkylation sites (tertiary alicyclic amines) is 1. The van der Waals surface area contributed by atoms with E-state index in [4.69, 9.17) is 5.73 Å². The molecule has 108 valence electrons. The lowest BCUT2D eigenvalue weighted by Crippen LogP contribution is -2.32. The minimum absolute atomic E-state index is 0.162. The van der Waals surface area contributed by atoms with Crippen molar-refractivity contribution in [3.8, 4) is 11.8 Å². The highest BCUT2D eigenvalue weighted by Crippen LogP contribution is 2.20. The van der Waals surface area contributed by atoms with Gasteiger partial charge in [-0.1, -0.05) is 30.7 Å². The SMILES string of the molecule is CC1CCCCCN1Cc1ccc(C#CCN)cc1F. The lowest BCUT2D eigenvalue weighted by atomic mass is 10.1. The molecule has 2 nitrogen and oxygen atoms in total. The summed E-state index contributed by atoms with van der Waals surface area (Å²) in [5.74, 6) is 5.45. The summed E-state index contributed by atoms with van der Waals surface area (Å²) in [6.45, 7) is 4.30. The lowest BCUT2D eigenvalue weighted by Gasteiger charge is -2.27. The van der Waals surface area contributed by atoms with E-state index in [-0.39, 0.29) is 5.82 Å². The Bertz CT molecular complexity index is 501. The Hall–Kier alpha value is -1.37. The highest BCUT2D eigenvalue weighted by Gasteiger charge is 2.18. The Balaban J connectivity index is 2.08. The number of nitrogens with zero attached hydrogens (tertiary/aromatic N) is 1. The summed E-state index contributed by atoms with van der Waals surface area (Å²) < 4.78 is 14.1. The van der Waals surface area contributed by atoms with Crippen LogP contribution in [0.2, 0.25) is 0 Å². The maximum atomic E-state index is 14.1. The van der Waals surface area contributed by atoms with Crippen molar-refractivity contribution in [2.45, 2.75) is 45.2 Å². The summed E-state index contributed by atoms with van der Waals surface area (Å²) >= 11 is 0. The monoisotopic (exact) mass is 274 g/mol. The van der Waals surface area contributed by atoms with E-state index < -0.39 is 0 Å². The normalized spacial score (nSPS) is 20.1.